The first kappa shape index (κ1) is 15.3. The van der Waals surface area contributed by atoms with Crippen molar-refractivity contribution in [3.63, 3.8) is 0 Å². The summed E-state index contributed by atoms with van der Waals surface area (Å²) in [4.78, 5) is 14.6. The van der Waals surface area contributed by atoms with Gasteiger partial charge in [-0.05, 0) is 52.9 Å². The molecule has 2 aromatic rings. The number of hydrogen-bond donors (Lipinski definition) is 1. The molecule has 0 spiro atoms. The van der Waals surface area contributed by atoms with Gasteiger partial charge in [-0.3, -0.25) is 4.79 Å². The maximum atomic E-state index is 12.4. The number of carbonyl (C=O) groups excluding carboxylic acids is 1. The first-order chi connectivity index (χ1) is 10.7. The first-order valence-corrected chi connectivity index (χ1v) is 8.30. The monoisotopic (exact) mass is 408 g/mol. The number of hydrogen-bond acceptors (Lipinski definition) is 3. The maximum absolute atomic E-state index is 12.4. The fourth-order valence-electron chi connectivity index (χ4n) is 2.45. The lowest BCUT2D eigenvalue weighted by Gasteiger charge is -2.29. The van der Waals surface area contributed by atoms with E-state index in [1.807, 2.05) is 42.5 Å². The van der Waals surface area contributed by atoms with Crippen LogP contribution in [0, 0.1) is 3.57 Å². The molecule has 2 aromatic carbocycles. The number of benzene rings is 2. The van der Waals surface area contributed by atoms with Crippen LogP contribution >= 0.6 is 22.6 Å². The molecule has 5 heteroatoms. The fraction of sp³-hybridized carbons (Fsp3) is 0.235. The van der Waals surface area contributed by atoms with Crippen molar-refractivity contribution in [2.75, 3.05) is 36.5 Å². The summed E-state index contributed by atoms with van der Waals surface area (Å²) in [6, 6.07) is 15.5. The summed E-state index contributed by atoms with van der Waals surface area (Å²) in [6.07, 6.45) is 0. The minimum atomic E-state index is -0.0795. The van der Waals surface area contributed by atoms with E-state index in [9.17, 15) is 4.79 Å². The number of carbonyl (C=O) groups is 1. The maximum Gasteiger partial charge on any atom is 0.256 e. The zero-order chi connectivity index (χ0) is 15.4. The van der Waals surface area contributed by atoms with Crippen molar-refractivity contribution in [1.29, 1.82) is 0 Å². The standard InChI is InChI=1S/C17H17IN2O2/c18-16-7-2-1-6-15(16)17(21)19-13-4-3-5-14(12-13)20-8-10-22-11-9-20/h1-7,12H,8-11H2,(H,19,21). The largest absolute Gasteiger partial charge is 0.378 e. The van der Waals surface area contributed by atoms with E-state index in [4.69, 9.17) is 4.74 Å². The van der Waals surface area contributed by atoms with E-state index in [1.54, 1.807) is 0 Å². The van der Waals surface area contributed by atoms with E-state index in [0.29, 0.717) is 5.56 Å². The number of amides is 1. The second-order valence-electron chi connectivity index (χ2n) is 5.08. The third-order valence-corrected chi connectivity index (χ3v) is 4.54. The van der Waals surface area contributed by atoms with Gasteiger partial charge < -0.3 is 15.0 Å². The Morgan fingerprint density at radius 3 is 2.64 bits per heavy atom. The van der Waals surface area contributed by atoms with E-state index in [1.165, 1.54) is 0 Å². The van der Waals surface area contributed by atoms with Gasteiger partial charge in [0.05, 0.1) is 18.8 Å². The lowest BCUT2D eigenvalue weighted by atomic mass is 10.2. The summed E-state index contributed by atoms with van der Waals surface area (Å²) < 4.78 is 6.32. The summed E-state index contributed by atoms with van der Waals surface area (Å²) in [7, 11) is 0. The number of nitrogens with zero attached hydrogens (tertiary/aromatic N) is 1. The highest BCUT2D eigenvalue weighted by molar-refractivity contribution is 14.1. The zero-order valence-electron chi connectivity index (χ0n) is 12.1. The number of morpholine rings is 1. The van der Waals surface area contributed by atoms with Gasteiger partial charge in [-0.2, -0.15) is 0 Å². The van der Waals surface area contributed by atoms with E-state index >= 15 is 0 Å². The van der Waals surface area contributed by atoms with Crippen LogP contribution in [0.3, 0.4) is 0 Å². The van der Waals surface area contributed by atoms with Crippen LogP contribution in [0.25, 0.3) is 0 Å². The van der Waals surface area contributed by atoms with Crippen molar-refractivity contribution in [3.05, 3.63) is 57.7 Å². The van der Waals surface area contributed by atoms with Gasteiger partial charge in [0, 0.05) is 28.0 Å². The van der Waals surface area contributed by atoms with Gasteiger partial charge in [0.1, 0.15) is 0 Å². The third-order valence-electron chi connectivity index (χ3n) is 3.60. The second-order valence-corrected chi connectivity index (χ2v) is 6.25. The minimum absolute atomic E-state index is 0.0795. The fourth-order valence-corrected chi connectivity index (χ4v) is 3.08. The molecule has 0 radical (unpaired) electrons. The Hall–Kier alpha value is -1.60. The third kappa shape index (κ3) is 3.59. The molecule has 114 valence electrons. The highest BCUT2D eigenvalue weighted by Crippen LogP contribution is 2.21. The predicted molar refractivity (Wildman–Crippen MR) is 96.6 cm³/mol. The average Bonchev–Trinajstić information content (AvgIpc) is 2.56. The first-order valence-electron chi connectivity index (χ1n) is 7.23. The number of halogens is 1. The topological polar surface area (TPSA) is 41.6 Å². The lowest BCUT2D eigenvalue weighted by molar-refractivity contribution is 0.102. The van der Waals surface area contributed by atoms with Crippen LogP contribution in [0.1, 0.15) is 10.4 Å². The van der Waals surface area contributed by atoms with Crippen LogP contribution in [-0.4, -0.2) is 32.2 Å². The molecule has 1 aliphatic rings. The van der Waals surface area contributed by atoms with Crippen molar-refractivity contribution < 1.29 is 9.53 Å². The summed E-state index contributed by atoms with van der Waals surface area (Å²) in [6.45, 7) is 3.26. The summed E-state index contributed by atoms with van der Waals surface area (Å²) in [5, 5.41) is 2.98. The molecule has 0 aromatic heterocycles. The molecular weight excluding hydrogens is 391 g/mol. The van der Waals surface area contributed by atoms with Crippen molar-refractivity contribution in [1.82, 2.24) is 0 Å². The molecule has 0 aliphatic carbocycles. The summed E-state index contributed by atoms with van der Waals surface area (Å²) in [5.74, 6) is -0.0795. The minimum Gasteiger partial charge on any atom is -0.378 e. The predicted octanol–water partition coefficient (Wildman–Crippen LogP) is 3.38. The normalized spacial score (nSPS) is 14.7. The van der Waals surface area contributed by atoms with Gasteiger partial charge in [0.25, 0.3) is 5.91 Å². The van der Waals surface area contributed by atoms with E-state index in [-0.39, 0.29) is 5.91 Å². The summed E-state index contributed by atoms with van der Waals surface area (Å²) >= 11 is 2.18. The van der Waals surface area contributed by atoms with Crippen LogP contribution in [0.2, 0.25) is 0 Å². The second kappa shape index (κ2) is 7.11. The van der Waals surface area contributed by atoms with E-state index < -0.39 is 0 Å². The van der Waals surface area contributed by atoms with Crippen molar-refractivity contribution in [3.8, 4) is 0 Å². The molecule has 1 amide bonds. The molecule has 1 aliphatic heterocycles. The molecule has 1 heterocycles. The van der Waals surface area contributed by atoms with Crippen LogP contribution in [-0.2, 0) is 4.74 Å². The van der Waals surface area contributed by atoms with Crippen molar-refractivity contribution in [2.45, 2.75) is 0 Å². The molecular formula is C17H17IN2O2. The van der Waals surface area contributed by atoms with Gasteiger partial charge >= 0.3 is 0 Å². The van der Waals surface area contributed by atoms with Crippen LogP contribution in [0.15, 0.2) is 48.5 Å². The van der Waals surface area contributed by atoms with Gasteiger partial charge in [-0.25, -0.2) is 0 Å². The Kier molecular flexibility index (Phi) is 4.94. The van der Waals surface area contributed by atoms with Crippen LogP contribution in [0.5, 0.6) is 0 Å². The Morgan fingerprint density at radius 2 is 1.86 bits per heavy atom. The van der Waals surface area contributed by atoms with Crippen molar-refractivity contribution in [2.24, 2.45) is 0 Å². The quantitative estimate of drug-likeness (QED) is 0.792. The van der Waals surface area contributed by atoms with E-state index in [0.717, 1.165) is 41.2 Å². The van der Waals surface area contributed by atoms with Gasteiger partial charge in [-0.15, -0.1) is 0 Å². The summed E-state index contributed by atoms with van der Waals surface area (Å²) in [5.41, 5.74) is 2.62. The smallest absolute Gasteiger partial charge is 0.256 e. The Bertz CT molecular complexity index is 669. The van der Waals surface area contributed by atoms with Crippen LogP contribution in [0.4, 0.5) is 11.4 Å². The SMILES string of the molecule is O=C(Nc1cccc(N2CCOCC2)c1)c1ccccc1I. The van der Waals surface area contributed by atoms with Crippen LogP contribution < -0.4 is 10.2 Å². The molecule has 0 saturated carbocycles. The molecule has 1 saturated heterocycles. The van der Waals surface area contributed by atoms with Gasteiger partial charge in [0.15, 0.2) is 0 Å². The van der Waals surface area contributed by atoms with E-state index in [2.05, 4.69) is 38.9 Å². The molecule has 3 rings (SSSR count). The number of rotatable bonds is 3. The number of ether oxygens (including phenoxy) is 1. The molecule has 0 unspecified atom stereocenters. The molecule has 0 atom stereocenters. The molecule has 1 fully saturated rings. The Morgan fingerprint density at radius 1 is 1.09 bits per heavy atom. The molecule has 1 N–H and O–H groups in total. The Balaban J connectivity index is 1.75. The number of nitrogens with one attached hydrogen (secondary N) is 1. The van der Waals surface area contributed by atoms with Gasteiger partial charge in [0.2, 0.25) is 0 Å². The molecule has 0 bridgehead atoms. The average molecular weight is 408 g/mol. The van der Waals surface area contributed by atoms with Crippen molar-refractivity contribution >= 4 is 39.9 Å². The highest BCUT2D eigenvalue weighted by atomic mass is 127. The Labute approximate surface area is 143 Å². The lowest BCUT2D eigenvalue weighted by Crippen LogP contribution is -2.36. The molecule has 22 heavy (non-hydrogen) atoms. The highest BCUT2D eigenvalue weighted by Gasteiger charge is 2.13. The zero-order valence-corrected chi connectivity index (χ0v) is 14.2. The molecule has 4 nitrogen and oxygen atoms in total. The van der Waals surface area contributed by atoms with Gasteiger partial charge in [-0.1, -0.05) is 18.2 Å². The number of anilines is 2.